The second-order valence-corrected chi connectivity index (χ2v) is 4.78. The highest BCUT2D eigenvalue weighted by molar-refractivity contribution is 5.98. The Morgan fingerprint density at radius 2 is 1.80 bits per heavy atom. The molecule has 1 aromatic heterocycles. The van der Waals surface area contributed by atoms with Gasteiger partial charge in [0.1, 0.15) is 6.33 Å². The first-order chi connectivity index (χ1) is 9.66. The number of nitrogens with zero attached hydrogens (tertiary/aromatic N) is 3. The Labute approximate surface area is 117 Å². The second-order valence-electron chi connectivity index (χ2n) is 4.78. The molecule has 1 amide bonds. The first-order valence-electron chi connectivity index (χ1n) is 6.43. The molecule has 0 unspecified atom stereocenters. The van der Waals surface area contributed by atoms with E-state index >= 15 is 0 Å². The molecule has 0 N–H and O–H groups in total. The summed E-state index contributed by atoms with van der Waals surface area (Å²) in [6.45, 7) is 2.02. The van der Waals surface area contributed by atoms with Crippen molar-refractivity contribution in [2.75, 3.05) is 11.9 Å². The number of aromatic nitrogens is 2. The standard InChI is InChI=1S/C16H15N3O/c1-12-7-9-13(10-8-12)18(2)16(20)19-11-17-14-5-3-4-6-15(14)19/h3-11H,1-2H3. The summed E-state index contributed by atoms with van der Waals surface area (Å²) in [6, 6.07) is 15.3. The number of amides is 1. The van der Waals surface area contributed by atoms with Crippen molar-refractivity contribution in [2.45, 2.75) is 6.92 Å². The van der Waals surface area contributed by atoms with Crippen LogP contribution in [0.4, 0.5) is 10.5 Å². The lowest BCUT2D eigenvalue weighted by Crippen LogP contribution is -2.30. The number of carbonyl (C=O) groups excluding carboxylic acids is 1. The fourth-order valence-electron chi connectivity index (χ4n) is 2.15. The molecule has 0 aliphatic heterocycles. The molecule has 0 spiro atoms. The SMILES string of the molecule is Cc1ccc(N(C)C(=O)n2cnc3ccccc32)cc1. The van der Waals surface area contributed by atoms with Crippen molar-refractivity contribution >= 4 is 22.8 Å². The third-order valence-electron chi connectivity index (χ3n) is 3.37. The minimum Gasteiger partial charge on any atom is -0.297 e. The van der Waals surface area contributed by atoms with Gasteiger partial charge in [0, 0.05) is 12.7 Å². The monoisotopic (exact) mass is 265 g/mol. The summed E-state index contributed by atoms with van der Waals surface area (Å²) in [4.78, 5) is 18.4. The molecule has 20 heavy (non-hydrogen) atoms. The number of hydrogen-bond donors (Lipinski definition) is 0. The maximum atomic E-state index is 12.6. The second kappa shape index (κ2) is 4.81. The third kappa shape index (κ3) is 2.05. The lowest BCUT2D eigenvalue weighted by Gasteiger charge is -2.18. The predicted octanol–water partition coefficient (Wildman–Crippen LogP) is 3.45. The zero-order valence-electron chi connectivity index (χ0n) is 11.4. The molecule has 0 bridgehead atoms. The number of rotatable bonds is 1. The van der Waals surface area contributed by atoms with E-state index in [-0.39, 0.29) is 6.03 Å². The number of fused-ring (bicyclic) bond motifs is 1. The van der Waals surface area contributed by atoms with Crippen LogP contribution in [0.3, 0.4) is 0 Å². The van der Waals surface area contributed by atoms with E-state index in [1.165, 1.54) is 5.56 Å². The molecule has 0 aliphatic carbocycles. The van der Waals surface area contributed by atoms with E-state index in [1.807, 2.05) is 55.5 Å². The van der Waals surface area contributed by atoms with Crippen LogP contribution in [0, 0.1) is 6.92 Å². The van der Waals surface area contributed by atoms with Crippen molar-refractivity contribution in [1.82, 2.24) is 9.55 Å². The van der Waals surface area contributed by atoms with Gasteiger partial charge in [0.15, 0.2) is 0 Å². The zero-order chi connectivity index (χ0) is 14.1. The summed E-state index contributed by atoms with van der Waals surface area (Å²) in [5.41, 5.74) is 3.66. The van der Waals surface area contributed by atoms with Gasteiger partial charge in [-0.15, -0.1) is 0 Å². The molecule has 0 saturated heterocycles. The van der Waals surface area contributed by atoms with E-state index in [0.29, 0.717) is 0 Å². The summed E-state index contributed by atoms with van der Waals surface area (Å²) in [5.74, 6) is 0. The fraction of sp³-hybridized carbons (Fsp3) is 0.125. The summed E-state index contributed by atoms with van der Waals surface area (Å²) >= 11 is 0. The summed E-state index contributed by atoms with van der Waals surface area (Å²) in [5, 5.41) is 0. The van der Waals surface area contributed by atoms with E-state index in [0.717, 1.165) is 16.7 Å². The highest BCUT2D eigenvalue weighted by Crippen LogP contribution is 2.17. The Morgan fingerprint density at radius 1 is 1.10 bits per heavy atom. The molecule has 3 rings (SSSR count). The molecule has 4 nitrogen and oxygen atoms in total. The molecule has 0 saturated carbocycles. The van der Waals surface area contributed by atoms with E-state index in [9.17, 15) is 4.79 Å². The van der Waals surface area contributed by atoms with Crippen LogP contribution in [0.5, 0.6) is 0 Å². The van der Waals surface area contributed by atoms with Crippen LogP contribution in [-0.2, 0) is 0 Å². The molecule has 4 heteroatoms. The van der Waals surface area contributed by atoms with Gasteiger partial charge in [-0.25, -0.2) is 9.78 Å². The molecule has 0 fully saturated rings. The summed E-state index contributed by atoms with van der Waals surface area (Å²) < 4.78 is 1.56. The van der Waals surface area contributed by atoms with Crippen LogP contribution in [0.25, 0.3) is 11.0 Å². The van der Waals surface area contributed by atoms with Crippen LogP contribution >= 0.6 is 0 Å². The summed E-state index contributed by atoms with van der Waals surface area (Å²) in [7, 11) is 1.77. The average Bonchev–Trinajstić information content (AvgIpc) is 2.90. The summed E-state index contributed by atoms with van der Waals surface area (Å²) in [6.07, 6.45) is 1.57. The first-order valence-corrected chi connectivity index (χ1v) is 6.43. The van der Waals surface area contributed by atoms with E-state index in [4.69, 9.17) is 0 Å². The Balaban J connectivity index is 1.97. The maximum Gasteiger partial charge on any atom is 0.334 e. The Kier molecular flexibility index (Phi) is 2.99. The zero-order valence-corrected chi connectivity index (χ0v) is 11.4. The molecule has 0 radical (unpaired) electrons. The topological polar surface area (TPSA) is 38.1 Å². The van der Waals surface area contributed by atoms with Gasteiger partial charge in [0.25, 0.3) is 0 Å². The lowest BCUT2D eigenvalue weighted by molar-refractivity contribution is 0.249. The number of hydrogen-bond acceptors (Lipinski definition) is 2. The molecule has 100 valence electrons. The molecule has 1 heterocycles. The normalized spacial score (nSPS) is 10.7. The third-order valence-corrected chi connectivity index (χ3v) is 3.37. The van der Waals surface area contributed by atoms with Gasteiger partial charge in [0.05, 0.1) is 11.0 Å². The predicted molar refractivity (Wildman–Crippen MR) is 80.1 cm³/mol. The van der Waals surface area contributed by atoms with Gasteiger partial charge >= 0.3 is 6.03 Å². The lowest BCUT2D eigenvalue weighted by atomic mass is 10.2. The number of aryl methyl sites for hydroxylation is 1. The van der Waals surface area contributed by atoms with E-state index in [1.54, 1.807) is 22.8 Å². The van der Waals surface area contributed by atoms with Crippen molar-refractivity contribution in [2.24, 2.45) is 0 Å². The quantitative estimate of drug-likeness (QED) is 0.676. The molecule has 0 atom stereocenters. The number of imidazole rings is 1. The average molecular weight is 265 g/mol. The van der Waals surface area contributed by atoms with Gasteiger partial charge in [-0.2, -0.15) is 0 Å². The number of carbonyl (C=O) groups is 1. The van der Waals surface area contributed by atoms with Crippen molar-refractivity contribution in [3.63, 3.8) is 0 Å². The van der Waals surface area contributed by atoms with Gasteiger partial charge < -0.3 is 0 Å². The van der Waals surface area contributed by atoms with Crippen molar-refractivity contribution < 1.29 is 4.79 Å². The van der Waals surface area contributed by atoms with E-state index < -0.39 is 0 Å². The van der Waals surface area contributed by atoms with Crippen LogP contribution in [0.1, 0.15) is 5.56 Å². The van der Waals surface area contributed by atoms with Gasteiger partial charge in [-0.3, -0.25) is 9.47 Å². The maximum absolute atomic E-state index is 12.6. The molecular weight excluding hydrogens is 250 g/mol. The van der Waals surface area contributed by atoms with Crippen molar-refractivity contribution in [1.29, 1.82) is 0 Å². The van der Waals surface area contributed by atoms with Gasteiger partial charge in [0.2, 0.25) is 0 Å². The smallest absolute Gasteiger partial charge is 0.297 e. The Morgan fingerprint density at radius 3 is 2.55 bits per heavy atom. The number of para-hydroxylation sites is 2. The van der Waals surface area contributed by atoms with Crippen LogP contribution in [0.2, 0.25) is 0 Å². The largest absolute Gasteiger partial charge is 0.334 e. The van der Waals surface area contributed by atoms with Crippen molar-refractivity contribution in [3.8, 4) is 0 Å². The Hall–Kier alpha value is -2.62. The minimum absolute atomic E-state index is 0.123. The fourth-order valence-corrected chi connectivity index (χ4v) is 2.15. The number of anilines is 1. The van der Waals surface area contributed by atoms with Gasteiger partial charge in [-0.1, -0.05) is 29.8 Å². The molecule has 2 aromatic carbocycles. The van der Waals surface area contributed by atoms with Crippen LogP contribution in [0.15, 0.2) is 54.9 Å². The Bertz CT molecular complexity index is 759. The van der Waals surface area contributed by atoms with Crippen molar-refractivity contribution in [3.05, 3.63) is 60.4 Å². The van der Waals surface area contributed by atoms with Crippen LogP contribution in [-0.4, -0.2) is 22.6 Å². The first kappa shape index (κ1) is 12.4. The number of benzene rings is 2. The highest BCUT2D eigenvalue weighted by Gasteiger charge is 2.15. The molecular formula is C16H15N3O. The highest BCUT2D eigenvalue weighted by atomic mass is 16.2. The van der Waals surface area contributed by atoms with E-state index in [2.05, 4.69) is 4.98 Å². The van der Waals surface area contributed by atoms with Gasteiger partial charge in [-0.05, 0) is 31.2 Å². The minimum atomic E-state index is -0.123. The van der Waals surface area contributed by atoms with Crippen LogP contribution < -0.4 is 4.90 Å². The molecule has 3 aromatic rings. The molecule has 0 aliphatic rings.